The Kier molecular flexibility index (Phi) is 4.90. The zero-order valence-corrected chi connectivity index (χ0v) is 11.8. The average Bonchev–Trinajstić information content (AvgIpc) is 2.53. The van der Waals surface area contributed by atoms with E-state index in [0.29, 0.717) is 18.0 Å². The van der Waals surface area contributed by atoms with Gasteiger partial charge in [-0.1, -0.05) is 24.3 Å². The van der Waals surface area contributed by atoms with E-state index in [0.717, 1.165) is 11.1 Å². The lowest BCUT2D eigenvalue weighted by Gasteiger charge is -2.06. The number of alkyl halides is 1. The predicted octanol–water partition coefficient (Wildman–Crippen LogP) is 3.26. The molecule has 2 aromatic rings. The van der Waals surface area contributed by atoms with Gasteiger partial charge in [0, 0.05) is 30.1 Å². The fourth-order valence-corrected chi connectivity index (χ4v) is 2.01. The van der Waals surface area contributed by atoms with E-state index in [1.807, 2.05) is 24.3 Å². The molecule has 1 N–H and O–H groups in total. The number of hydrogen-bond donors (Lipinski definition) is 1. The Labute approximate surface area is 126 Å². The molecule has 6 heteroatoms. The molecule has 0 heterocycles. The Balaban J connectivity index is 1.99. The topological polar surface area (TPSA) is 72.2 Å². The minimum Gasteiger partial charge on any atom is -0.348 e. The fourth-order valence-electron chi connectivity index (χ4n) is 1.84. The van der Waals surface area contributed by atoms with Gasteiger partial charge in [0.15, 0.2) is 0 Å². The summed E-state index contributed by atoms with van der Waals surface area (Å²) in [5.74, 6) is 0.144. The second-order valence-corrected chi connectivity index (χ2v) is 4.71. The molecule has 2 rings (SSSR count). The third kappa shape index (κ3) is 4.03. The van der Waals surface area contributed by atoms with Gasteiger partial charge in [-0.05, 0) is 23.3 Å². The number of nitrogens with zero attached hydrogens (tertiary/aromatic N) is 1. The molecule has 0 radical (unpaired) electrons. The number of carbonyl (C=O) groups excluding carboxylic acids is 1. The highest BCUT2D eigenvalue weighted by atomic mass is 35.5. The number of non-ortho nitro benzene ring substituents is 1. The van der Waals surface area contributed by atoms with Crippen molar-refractivity contribution in [3.05, 3.63) is 75.3 Å². The molecule has 0 aliphatic rings. The van der Waals surface area contributed by atoms with Crippen LogP contribution in [-0.4, -0.2) is 10.8 Å². The average molecular weight is 305 g/mol. The van der Waals surface area contributed by atoms with Gasteiger partial charge >= 0.3 is 0 Å². The summed E-state index contributed by atoms with van der Waals surface area (Å²) < 4.78 is 0. The summed E-state index contributed by atoms with van der Waals surface area (Å²) in [5, 5.41) is 13.3. The molecule has 5 nitrogen and oxygen atoms in total. The van der Waals surface area contributed by atoms with Gasteiger partial charge in [0.25, 0.3) is 11.6 Å². The first kappa shape index (κ1) is 15.0. The third-order valence-electron chi connectivity index (χ3n) is 2.94. The Morgan fingerprint density at radius 2 is 1.81 bits per heavy atom. The summed E-state index contributed by atoms with van der Waals surface area (Å²) in [7, 11) is 0. The first-order valence-electron chi connectivity index (χ1n) is 6.26. The van der Waals surface area contributed by atoms with E-state index in [1.54, 1.807) is 0 Å². The SMILES string of the molecule is O=C(NCc1cccc(CCl)c1)c1ccc([N+](=O)[O-])cc1. The molecule has 0 saturated carbocycles. The van der Waals surface area contributed by atoms with E-state index in [1.165, 1.54) is 24.3 Å². The van der Waals surface area contributed by atoms with Gasteiger partial charge in [-0.15, -0.1) is 11.6 Å². The van der Waals surface area contributed by atoms with Crippen LogP contribution in [0, 0.1) is 10.1 Å². The van der Waals surface area contributed by atoms with Crippen molar-refractivity contribution >= 4 is 23.2 Å². The Hall–Kier alpha value is -2.40. The van der Waals surface area contributed by atoms with Crippen molar-refractivity contribution in [3.63, 3.8) is 0 Å². The summed E-state index contributed by atoms with van der Waals surface area (Å²) in [5.41, 5.74) is 2.28. The highest BCUT2D eigenvalue weighted by Crippen LogP contribution is 2.12. The van der Waals surface area contributed by atoms with Crippen molar-refractivity contribution in [1.82, 2.24) is 5.32 Å². The molecule has 108 valence electrons. The van der Waals surface area contributed by atoms with Gasteiger partial charge in [-0.3, -0.25) is 14.9 Å². The molecule has 0 bridgehead atoms. The number of nitrogens with one attached hydrogen (secondary N) is 1. The lowest BCUT2D eigenvalue weighted by molar-refractivity contribution is -0.384. The number of amides is 1. The number of nitro groups is 1. The van der Waals surface area contributed by atoms with Gasteiger partial charge in [0.05, 0.1) is 4.92 Å². The van der Waals surface area contributed by atoms with Crippen LogP contribution in [0.4, 0.5) is 5.69 Å². The number of benzene rings is 2. The van der Waals surface area contributed by atoms with Crippen molar-refractivity contribution in [3.8, 4) is 0 Å². The molecule has 2 aromatic carbocycles. The molecule has 1 amide bonds. The van der Waals surface area contributed by atoms with Crippen LogP contribution >= 0.6 is 11.6 Å². The van der Waals surface area contributed by atoms with Gasteiger partial charge in [0.1, 0.15) is 0 Å². The Bertz CT molecular complexity index is 656. The number of hydrogen-bond acceptors (Lipinski definition) is 3. The standard InChI is InChI=1S/C15H13ClN2O3/c16-9-11-2-1-3-12(8-11)10-17-15(19)13-4-6-14(7-5-13)18(20)21/h1-8H,9-10H2,(H,17,19). The lowest BCUT2D eigenvalue weighted by Crippen LogP contribution is -2.22. The van der Waals surface area contributed by atoms with Crippen molar-refractivity contribution in [2.75, 3.05) is 0 Å². The van der Waals surface area contributed by atoms with Crippen molar-refractivity contribution in [1.29, 1.82) is 0 Å². The van der Waals surface area contributed by atoms with Gasteiger partial charge in [-0.25, -0.2) is 0 Å². The van der Waals surface area contributed by atoms with Crippen molar-refractivity contribution in [2.45, 2.75) is 12.4 Å². The van der Waals surface area contributed by atoms with Crippen LogP contribution in [0.1, 0.15) is 21.5 Å². The number of halogens is 1. The maximum absolute atomic E-state index is 11.9. The summed E-state index contributed by atoms with van der Waals surface area (Å²) in [6, 6.07) is 13.1. The number of nitro benzene ring substituents is 1. The van der Waals surface area contributed by atoms with Crippen LogP contribution in [0.25, 0.3) is 0 Å². The fraction of sp³-hybridized carbons (Fsp3) is 0.133. The lowest BCUT2D eigenvalue weighted by atomic mass is 10.1. The van der Waals surface area contributed by atoms with Crippen molar-refractivity contribution < 1.29 is 9.72 Å². The Morgan fingerprint density at radius 1 is 1.14 bits per heavy atom. The highest BCUT2D eigenvalue weighted by Gasteiger charge is 2.09. The van der Waals surface area contributed by atoms with E-state index in [9.17, 15) is 14.9 Å². The molecule has 0 aliphatic carbocycles. The maximum atomic E-state index is 11.9. The van der Waals surface area contributed by atoms with Gasteiger partial charge in [0.2, 0.25) is 0 Å². The first-order chi connectivity index (χ1) is 10.1. The number of rotatable bonds is 5. The van der Waals surface area contributed by atoms with Crippen LogP contribution in [-0.2, 0) is 12.4 Å². The van der Waals surface area contributed by atoms with Gasteiger partial charge < -0.3 is 5.32 Å². The van der Waals surface area contributed by atoms with E-state index in [-0.39, 0.29) is 11.6 Å². The van der Waals surface area contributed by atoms with Crippen LogP contribution in [0.2, 0.25) is 0 Å². The molecule has 0 unspecified atom stereocenters. The third-order valence-corrected chi connectivity index (χ3v) is 3.25. The molecule has 0 aliphatic heterocycles. The second kappa shape index (κ2) is 6.85. The number of carbonyl (C=O) groups is 1. The Morgan fingerprint density at radius 3 is 2.43 bits per heavy atom. The first-order valence-corrected chi connectivity index (χ1v) is 6.80. The molecule has 0 atom stereocenters. The molecular weight excluding hydrogens is 292 g/mol. The minimum absolute atomic E-state index is 0.0404. The molecule has 0 aromatic heterocycles. The summed E-state index contributed by atoms with van der Waals surface area (Å²) in [4.78, 5) is 22.0. The highest BCUT2D eigenvalue weighted by molar-refractivity contribution is 6.17. The van der Waals surface area contributed by atoms with E-state index in [4.69, 9.17) is 11.6 Å². The normalized spacial score (nSPS) is 10.1. The van der Waals surface area contributed by atoms with Crippen LogP contribution in [0.5, 0.6) is 0 Å². The quantitative estimate of drug-likeness (QED) is 0.523. The van der Waals surface area contributed by atoms with Crippen LogP contribution in [0.15, 0.2) is 48.5 Å². The van der Waals surface area contributed by atoms with Crippen LogP contribution < -0.4 is 5.32 Å². The maximum Gasteiger partial charge on any atom is 0.269 e. The molecule has 0 saturated heterocycles. The van der Waals surface area contributed by atoms with E-state index >= 15 is 0 Å². The smallest absolute Gasteiger partial charge is 0.269 e. The van der Waals surface area contributed by atoms with Crippen molar-refractivity contribution in [2.24, 2.45) is 0 Å². The van der Waals surface area contributed by atoms with Crippen LogP contribution in [0.3, 0.4) is 0 Å². The zero-order valence-electron chi connectivity index (χ0n) is 11.1. The summed E-state index contributed by atoms with van der Waals surface area (Å²) in [6.45, 7) is 0.376. The predicted molar refractivity (Wildman–Crippen MR) is 80.3 cm³/mol. The zero-order chi connectivity index (χ0) is 15.2. The largest absolute Gasteiger partial charge is 0.348 e. The van der Waals surface area contributed by atoms with Gasteiger partial charge in [-0.2, -0.15) is 0 Å². The summed E-state index contributed by atoms with van der Waals surface area (Å²) in [6.07, 6.45) is 0. The molecule has 0 fully saturated rings. The van der Waals surface area contributed by atoms with E-state index in [2.05, 4.69) is 5.32 Å². The molecule has 0 spiro atoms. The monoisotopic (exact) mass is 304 g/mol. The second-order valence-electron chi connectivity index (χ2n) is 4.44. The molecular formula is C15H13ClN2O3. The molecule has 21 heavy (non-hydrogen) atoms. The summed E-state index contributed by atoms with van der Waals surface area (Å²) >= 11 is 5.76. The minimum atomic E-state index is -0.501. The van der Waals surface area contributed by atoms with E-state index < -0.39 is 4.92 Å².